The third-order valence-corrected chi connectivity index (χ3v) is 5.03. The van der Waals surface area contributed by atoms with Crippen molar-refractivity contribution in [1.82, 2.24) is 24.4 Å². The lowest BCUT2D eigenvalue weighted by molar-refractivity contribution is -0.138. The number of benzene rings is 1. The fraction of sp³-hybridized carbons (Fsp3) is 0.333. The lowest BCUT2D eigenvalue weighted by Crippen LogP contribution is -2.52. The molecular weight excluding hydrogens is 368 g/mol. The van der Waals surface area contributed by atoms with Gasteiger partial charge in [-0.3, -0.25) is 9.36 Å². The third kappa shape index (κ3) is 4.21. The molecule has 1 amide bonds. The maximum absolute atomic E-state index is 12.7. The summed E-state index contributed by atoms with van der Waals surface area (Å²) in [7, 11) is 0. The van der Waals surface area contributed by atoms with Crippen molar-refractivity contribution in [3.05, 3.63) is 60.9 Å². The number of nitrogens with zero attached hydrogens (tertiary/aromatic N) is 6. The highest BCUT2D eigenvalue weighted by Gasteiger charge is 2.26. The Kier molecular flexibility index (Phi) is 5.41. The quantitative estimate of drug-likeness (QED) is 0.662. The number of hydrogen-bond donors (Lipinski definition) is 0. The van der Waals surface area contributed by atoms with Gasteiger partial charge in [-0.15, -0.1) is 0 Å². The number of carbonyl (C=O) groups excluding carboxylic acids is 1. The Labute approximate surface area is 169 Å². The number of hydrogen-bond acceptors (Lipinski definition) is 6. The molecule has 0 radical (unpaired) electrons. The van der Waals surface area contributed by atoms with Gasteiger partial charge in [-0.25, -0.2) is 15.0 Å². The Hall–Kier alpha value is -3.42. The van der Waals surface area contributed by atoms with Crippen molar-refractivity contribution in [2.75, 3.05) is 31.1 Å². The third-order valence-electron chi connectivity index (χ3n) is 5.03. The smallest absolute Gasteiger partial charge is 0.263 e. The first-order valence-electron chi connectivity index (χ1n) is 9.69. The van der Waals surface area contributed by atoms with Gasteiger partial charge in [0.05, 0.1) is 0 Å². The average Bonchev–Trinajstić information content (AvgIpc) is 3.20. The zero-order valence-corrected chi connectivity index (χ0v) is 16.6. The molecule has 0 N–H and O–H groups in total. The molecule has 1 aliphatic rings. The van der Waals surface area contributed by atoms with Gasteiger partial charge in [0, 0.05) is 44.6 Å². The van der Waals surface area contributed by atoms with E-state index in [1.54, 1.807) is 19.4 Å². The van der Waals surface area contributed by atoms with Crippen molar-refractivity contribution >= 4 is 11.7 Å². The van der Waals surface area contributed by atoms with Gasteiger partial charge < -0.3 is 14.5 Å². The monoisotopic (exact) mass is 392 g/mol. The van der Waals surface area contributed by atoms with Crippen molar-refractivity contribution in [2.45, 2.75) is 20.0 Å². The minimum absolute atomic E-state index is 0.00548. The van der Waals surface area contributed by atoms with E-state index < -0.39 is 6.10 Å². The van der Waals surface area contributed by atoms with Gasteiger partial charge in [-0.1, -0.05) is 18.2 Å². The molecule has 0 unspecified atom stereocenters. The number of piperazine rings is 1. The topological polar surface area (TPSA) is 76.4 Å². The molecule has 2 aromatic heterocycles. The van der Waals surface area contributed by atoms with Crippen LogP contribution < -0.4 is 9.64 Å². The second kappa shape index (κ2) is 8.30. The zero-order chi connectivity index (χ0) is 20.2. The molecule has 3 aromatic rings. The molecule has 1 atom stereocenters. The second-order valence-corrected chi connectivity index (χ2v) is 6.96. The van der Waals surface area contributed by atoms with Gasteiger partial charge >= 0.3 is 0 Å². The van der Waals surface area contributed by atoms with Crippen molar-refractivity contribution in [3.63, 3.8) is 0 Å². The van der Waals surface area contributed by atoms with E-state index in [1.165, 1.54) is 0 Å². The van der Waals surface area contributed by atoms with E-state index in [0.717, 1.165) is 17.5 Å². The molecule has 4 rings (SSSR count). The van der Waals surface area contributed by atoms with E-state index in [9.17, 15) is 4.79 Å². The van der Waals surface area contributed by atoms with E-state index in [0.29, 0.717) is 31.9 Å². The lowest BCUT2D eigenvalue weighted by atomic mass is 10.2. The number of aromatic nitrogens is 4. The predicted molar refractivity (Wildman–Crippen MR) is 109 cm³/mol. The summed E-state index contributed by atoms with van der Waals surface area (Å²) >= 11 is 0. The van der Waals surface area contributed by atoms with Crippen LogP contribution in [0.25, 0.3) is 5.82 Å². The molecule has 3 heterocycles. The van der Waals surface area contributed by atoms with Gasteiger partial charge in [0.15, 0.2) is 6.10 Å². The van der Waals surface area contributed by atoms with Crippen molar-refractivity contribution in [3.8, 4) is 11.6 Å². The maximum Gasteiger partial charge on any atom is 0.263 e. The Balaban J connectivity index is 1.37. The van der Waals surface area contributed by atoms with E-state index in [2.05, 4.69) is 19.9 Å². The molecular formula is C21H24N6O2. The van der Waals surface area contributed by atoms with Gasteiger partial charge in [0.2, 0.25) is 0 Å². The van der Waals surface area contributed by atoms with Crippen LogP contribution in [0, 0.1) is 6.92 Å². The van der Waals surface area contributed by atoms with E-state index >= 15 is 0 Å². The Morgan fingerprint density at radius 1 is 1.03 bits per heavy atom. The Bertz CT molecular complexity index is 966. The van der Waals surface area contributed by atoms with Crippen LogP contribution in [-0.4, -0.2) is 62.6 Å². The molecule has 1 aliphatic heterocycles. The summed E-state index contributed by atoms with van der Waals surface area (Å²) in [6, 6.07) is 11.4. The summed E-state index contributed by atoms with van der Waals surface area (Å²) in [6.45, 7) is 6.42. The Morgan fingerprint density at radius 2 is 1.76 bits per heavy atom. The molecule has 0 aliphatic carbocycles. The summed E-state index contributed by atoms with van der Waals surface area (Å²) in [5.41, 5.74) is 0. The normalized spacial score (nSPS) is 15.2. The largest absolute Gasteiger partial charge is 0.481 e. The molecule has 1 fully saturated rings. The fourth-order valence-electron chi connectivity index (χ4n) is 3.43. The minimum atomic E-state index is -0.515. The molecule has 150 valence electrons. The molecule has 1 saturated heterocycles. The lowest BCUT2D eigenvalue weighted by Gasteiger charge is -2.36. The number of para-hydroxylation sites is 1. The number of carbonyl (C=O) groups is 1. The van der Waals surface area contributed by atoms with Crippen LogP contribution in [0.5, 0.6) is 5.75 Å². The predicted octanol–water partition coefficient (Wildman–Crippen LogP) is 2.09. The van der Waals surface area contributed by atoms with E-state index in [1.807, 2.05) is 59.0 Å². The first-order chi connectivity index (χ1) is 14.1. The van der Waals surface area contributed by atoms with Gasteiger partial charge in [-0.2, -0.15) is 0 Å². The van der Waals surface area contributed by atoms with Crippen LogP contribution >= 0.6 is 0 Å². The standard InChI is InChI=1S/C21H24N6O2/c1-16(29-18-6-4-3-5-7-18)21(28)26-12-10-25(11-13-26)19-14-20(24-15-23-19)27-9-8-22-17(27)2/h3-9,14-16H,10-13H2,1-2H3/t16-/m1/s1. The van der Waals surface area contributed by atoms with Gasteiger partial charge in [-0.05, 0) is 26.0 Å². The van der Waals surface area contributed by atoms with Crippen LogP contribution in [0.15, 0.2) is 55.1 Å². The number of rotatable bonds is 5. The number of anilines is 1. The molecule has 8 nitrogen and oxygen atoms in total. The zero-order valence-electron chi connectivity index (χ0n) is 16.6. The average molecular weight is 392 g/mol. The minimum Gasteiger partial charge on any atom is -0.481 e. The number of amides is 1. The van der Waals surface area contributed by atoms with Crippen molar-refractivity contribution < 1.29 is 9.53 Å². The second-order valence-electron chi connectivity index (χ2n) is 6.96. The molecule has 0 spiro atoms. The van der Waals surface area contributed by atoms with Gasteiger partial charge in [0.1, 0.15) is 29.5 Å². The maximum atomic E-state index is 12.7. The van der Waals surface area contributed by atoms with Crippen LogP contribution in [0.2, 0.25) is 0 Å². The molecule has 29 heavy (non-hydrogen) atoms. The SMILES string of the molecule is Cc1nccn1-c1cc(N2CCN(C(=O)[C@@H](C)Oc3ccccc3)CC2)ncn1. The van der Waals surface area contributed by atoms with Crippen LogP contribution in [0.4, 0.5) is 5.82 Å². The van der Waals surface area contributed by atoms with Crippen LogP contribution in [0.3, 0.4) is 0 Å². The van der Waals surface area contributed by atoms with Gasteiger partial charge in [0.25, 0.3) is 5.91 Å². The highest BCUT2D eigenvalue weighted by Crippen LogP contribution is 2.18. The number of aryl methyl sites for hydroxylation is 1. The number of imidazole rings is 1. The first kappa shape index (κ1) is 18.9. The van der Waals surface area contributed by atoms with Crippen LogP contribution in [-0.2, 0) is 4.79 Å². The molecule has 0 saturated carbocycles. The molecule has 0 bridgehead atoms. The van der Waals surface area contributed by atoms with Crippen molar-refractivity contribution in [1.29, 1.82) is 0 Å². The summed E-state index contributed by atoms with van der Waals surface area (Å²) in [5, 5.41) is 0. The van der Waals surface area contributed by atoms with E-state index in [4.69, 9.17) is 4.74 Å². The fourth-order valence-corrected chi connectivity index (χ4v) is 3.43. The Morgan fingerprint density at radius 3 is 2.45 bits per heavy atom. The summed E-state index contributed by atoms with van der Waals surface area (Å²) in [4.78, 5) is 29.8. The molecule has 1 aromatic carbocycles. The van der Waals surface area contributed by atoms with Crippen LogP contribution in [0.1, 0.15) is 12.7 Å². The number of ether oxygens (including phenoxy) is 1. The highest BCUT2D eigenvalue weighted by molar-refractivity contribution is 5.81. The van der Waals surface area contributed by atoms with E-state index in [-0.39, 0.29) is 5.91 Å². The highest BCUT2D eigenvalue weighted by atomic mass is 16.5. The summed E-state index contributed by atoms with van der Waals surface area (Å²) in [6.07, 6.45) is 4.68. The first-order valence-corrected chi connectivity index (χ1v) is 9.69. The van der Waals surface area contributed by atoms with Crippen molar-refractivity contribution in [2.24, 2.45) is 0 Å². The molecule has 8 heteroatoms. The summed E-state index contributed by atoms with van der Waals surface area (Å²) < 4.78 is 7.70. The summed E-state index contributed by atoms with van der Waals surface area (Å²) in [5.74, 6) is 3.22.